The van der Waals surface area contributed by atoms with Gasteiger partial charge in [-0.15, -0.1) is 0 Å². The second kappa shape index (κ2) is 15.8. The Labute approximate surface area is 241 Å². The Morgan fingerprint density at radius 1 is 0.825 bits per heavy atom. The molecule has 3 aromatic carbocycles. The van der Waals surface area contributed by atoms with Gasteiger partial charge in [0.1, 0.15) is 12.4 Å². The molecule has 3 aromatic rings. The summed E-state index contributed by atoms with van der Waals surface area (Å²) in [5, 5.41) is 0. The van der Waals surface area contributed by atoms with Crippen LogP contribution in [0.15, 0.2) is 78.9 Å². The molecule has 1 saturated heterocycles. The van der Waals surface area contributed by atoms with Crippen molar-refractivity contribution in [3.63, 3.8) is 0 Å². The molecule has 0 amide bonds. The summed E-state index contributed by atoms with van der Waals surface area (Å²) in [6, 6.07) is 28.0. The van der Waals surface area contributed by atoms with Crippen molar-refractivity contribution >= 4 is 23.7 Å². The van der Waals surface area contributed by atoms with Crippen molar-refractivity contribution < 1.29 is 14.0 Å². The second-order valence-electron chi connectivity index (χ2n) is 10.6. The molecule has 1 heterocycles. The highest BCUT2D eigenvalue weighted by molar-refractivity contribution is 6.61. The summed E-state index contributed by atoms with van der Waals surface area (Å²) in [6.07, 6.45) is 3.35. The van der Waals surface area contributed by atoms with Crippen LogP contribution in [0.5, 0.6) is 5.75 Å². The maximum Gasteiger partial charge on any atom is 0.493 e. The lowest BCUT2D eigenvalue weighted by Gasteiger charge is -2.27. The van der Waals surface area contributed by atoms with E-state index >= 15 is 0 Å². The third kappa shape index (κ3) is 8.55. The van der Waals surface area contributed by atoms with Crippen molar-refractivity contribution in [3.8, 4) is 5.75 Å². The van der Waals surface area contributed by atoms with Crippen LogP contribution in [0.25, 0.3) is 11.1 Å². The summed E-state index contributed by atoms with van der Waals surface area (Å²) < 4.78 is 18.3. The van der Waals surface area contributed by atoms with Gasteiger partial charge < -0.3 is 18.9 Å². The van der Waals surface area contributed by atoms with Gasteiger partial charge in [0.2, 0.25) is 0 Å². The summed E-state index contributed by atoms with van der Waals surface area (Å²) in [6.45, 7) is 10.4. The van der Waals surface area contributed by atoms with Crippen LogP contribution in [0.1, 0.15) is 49.8 Å². The van der Waals surface area contributed by atoms with Gasteiger partial charge in [0.25, 0.3) is 0 Å². The zero-order valence-corrected chi connectivity index (χ0v) is 24.8. The third-order valence-corrected chi connectivity index (χ3v) is 7.38. The van der Waals surface area contributed by atoms with E-state index < -0.39 is 0 Å². The van der Waals surface area contributed by atoms with Crippen LogP contribution < -0.4 is 10.2 Å². The first-order chi connectivity index (χ1) is 19.6. The summed E-state index contributed by atoms with van der Waals surface area (Å²) in [5.74, 6) is 0.893. The van der Waals surface area contributed by atoms with Crippen LogP contribution in [0, 0.1) is 0 Å². The average molecular weight is 541 g/mol. The van der Waals surface area contributed by atoms with Crippen LogP contribution >= 0.6 is 0 Å². The number of ether oxygens (including phenoxy) is 1. The van der Waals surface area contributed by atoms with Crippen LogP contribution in [0.4, 0.5) is 0 Å². The molecule has 0 bridgehead atoms. The highest BCUT2D eigenvalue weighted by Crippen LogP contribution is 2.34. The first-order valence-corrected chi connectivity index (χ1v) is 14.8. The molecule has 0 N–H and O–H groups in total. The first-order valence-electron chi connectivity index (χ1n) is 14.8. The van der Waals surface area contributed by atoms with Gasteiger partial charge in [0, 0.05) is 32.8 Å². The molecule has 0 unspecified atom stereocenters. The van der Waals surface area contributed by atoms with Gasteiger partial charge in [0.15, 0.2) is 0 Å². The van der Waals surface area contributed by atoms with Gasteiger partial charge in [-0.25, -0.2) is 0 Å². The largest absolute Gasteiger partial charge is 0.493 e. The van der Waals surface area contributed by atoms with Crippen LogP contribution in [0.2, 0.25) is 0 Å². The van der Waals surface area contributed by atoms with Crippen LogP contribution in [-0.4, -0.2) is 77.0 Å². The van der Waals surface area contributed by atoms with Crippen molar-refractivity contribution in [2.75, 3.05) is 60.1 Å². The molecule has 0 aromatic heterocycles. The van der Waals surface area contributed by atoms with E-state index in [1.165, 1.54) is 40.7 Å². The molecule has 4 rings (SSSR count). The predicted molar refractivity (Wildman–Crippen MR) is 168 cm³/mol. The van der Waals surface area contributed by atoms with E-state index in [-0.39, 0.29) is 7.12 Å². The molecule has 0 saturated carbocycles. The Kier molecular flexibility index (Phi) is 11.9. The Balaban J connectivity index is 1.58. The van der Waals surface area contributed by atoms with Gasteiger partial charge in [-0.1, -0.05) is 87.0 Å². The Hall–Kier alpha value is -2.90. The number of nitrogens with zero attached hydrogens (tertiary/aromatic N) is 2. The van der Waals surface area contributed by atoms with Crippen molar-refractivity contribution in [2.24, 2.45) is 0 Å². The summed E-state index contributed by atoms with van der Waals surface area (Å²) in [4.78, 5) is 4.56. The van der Waals surface area contributed by atoms with Gasteiger partial charge in [-0.3, -0.25) is 4.90 Å². The number of benzene rings is 3. The predicted octanol–water partition coefficient (Wildman–Crippen LogP) is 5.84. The molecule has 1 aliphatic rings. The van der Waals surface area contributed by atoms with Crippen molar-refractivity contribution in [1.82, 2.24) is 9.80 Å². The standard InChI is InChI=1S/C34H45BN2O3/c1-5-7-21-37-23-26-39-35(40-27-24-37)31-17-13-29(14-18-31)34(33(6-2)28-11-9-8-10-12-28)30-15-19-32(20-16-30)38-25-22-36(3)4/h8-20H,5-7,21-27H2,1-4H3. The average Bonchev–Trinajstić information content (AvgIpc) is 2.96. The van der Waals surface area contributed by atoms with Gasteiger partial charge in [-0.2, -0.15) is 0 Å². The Bertz CT molecular complexity index is 1170. The van der Waals surface area contributed by atoms with Crippen molar-refractivity contribution in [3.05, 3.63) is 95.6 Å². The highest BCUT2D eigenvalue weighted by atomic mass is 16.6. The molecule has 212 valence electrons. The molecular weight excluding hydrogens is 495 g/mol. The maximum atomic E-state index is 6.17. The zero-order chi connectivity index (χ0) is 28.2. The number of hydrogen-bond donors (Lipinski definition) is 0. The molecule has 0 atom stereocenters. The normalized spacial score (nSPS) is 15.5. The van der Waals surface area contributed by atoms with Crippen molar-refractivity contribution in [1.29, 1.82) is 0 Å². The monoisotopic (exact) mass is 540 g/mol. The lowest BCUT2D eigenvalue weighted by molar-refractivity contribution is 0.116. The fourth-order valence-corrected chi connectivity index (χ4v) is 5.09. The smallest absolute Gasteiger partial charge is 0.492 e. The minimum absolute atomic E-state index is 0.326. The molecule has 1 aliphatic heterocycles. The number of allylic oxidation sites excluding steroid dienone is 1. The van der Waals surface area contributed by atoms with E-state index in [0.29, 0.717) is 19.8 Å². The van der Waals surface area contributed by atoms with E-state index in [4.69, 9.17) is 14.0 Å². The second-order valence-corrected chi connectivity index (χ2v) is 10.6. The molecule has 1 fully saturated rings. The molecule has 0 radical (unpaired) electrons. The number of likely N-dealkylation sites (N-methyl/N-ethyl adjacent to an activating group) is 1. The Morgan fingerprint density at radius 3 is 2.02 bits per heavy atom. The van der Waals surface area contributed by atoms with Crippen LogP contribution in [0.3, 0.4) is 0 Å². The third-order valence-electron chi connectivity index (χ3n) is 7.38. The zero-order valence-electron chi connectivity index (χ0n) is 24.8. The van der Waals surface area contributed by atoms with E-state index in [0.717, 1.165) is 43.8 Å². The Morgan fingerprint density at radius 2 is 1.45 bits per heavy atom. The molecule has 0 aliphatic carbocycles. The molecule has 6 heteroatoms. The fraction of sp³-hybridized carbons (Fsp3) is 0.412. The quantitative estimate of drug-likeness (QED) is 0.213. The highest BCUT2D eigenvalue weighted by Gasteiger charge is 2.24. The molecule has 5 nitrogen and oxygen atoms in total. The SMILES string of the molecule is CCCCN1CCOB(c2ccc(C(=C(CC)c3ccccc3)c3ccc(OCCN(C)C)cc3)cc2)OCC1. The van der Waals surface area contributed by atoms with E-state index in [9.17, 15) is 0 Å². The summed E-state index contributed by atoms with van der Waals surface area (Å²) >= 11 is 0. The lowest BCUT2D eigenvalue weighted by atomic mass is 9.77. The molecule has 40 heavy (non-hydrogen) atoms. The summed E-state index contributed by atoms with van der Waals surface area (Å²) in [5.41, 5.74) is 7.23. The first kappa shape index (κ1) is 30.1. The van der Waals surface area contributed by atoms with Gasteiger partial charge in [0.05, 0.1) is 0 Å². The molecular formula is C34H45BN2O3. The number of rotatable bonds is 12. The number of unbranched alkanes of at least 4 members (excludes halogenated alkanes) is 1. The van der Waals surface area contributed by atoms with E-state index in [1.54, 1.807) is 0 Å². The fourth-order valence-electron chi connectivity index (χ4n) is 5.09. The molecule has 0 spiro atoms. The van der Waals surface area contributed by atoms with E-state index in [1.807, 2.05) is 0 Å². The topological polar surface area (TPSA) is 34.2 Å². The van der Waals surface area contributed by atoms with Crippen molar-refractivity contribution in [2.45, 2.75) is 33.1 Å². The van der Waals surface area contributed by atoms with Gasteiger partial charge in [-0.05, 0) is 78.9 Å². The van der Waals surface area contributed by atoms with E-state index in [2.05, 4.69) is 117 Å². The lowest BCUT2D eigenvalue weighted by Crippen LogP contribution is -2.44. The van der Waals surface area contributed by atoms with Crippen LogP contribution in [-0.2, 0) is 9.31 Å². The maximum absolute atomic E-state index is 6.17. The minimum Gasteiger partial charge on any atom is -0.492 e. The number of hydrogen-bond acceptors (Lipinski definition) is 5. The summed E-state index contributed by atoms with van der Waals surface area (Å²) in [7, 11) is 3.79. The minimum atomic E-state index is -0.326. The van der Waals surface area contributed by atoms with Gasteiger partial charge >= 0.3 is 7.12 Å².